The van der Waals surface area contributed by atoms with Crippen molar-refractivity contribution in [3.8, 4) is 17.2 Å². The topological polar surface area (TPSA) is 96.8 Å². The maximum absolute atomic E-state index is 13.7. The van der Waals surface area contributed by atoms with Crippen LogP contribution in [0.5, 0.6) is 17.2 Å². The molecule has 0 radical (unpaired) electrons. The van der Waals surface area contributed by atoms with E-state index in [4.69, 9.17) is 19.9 Å². The smallest absolute Gasteiger partial charge is 0.240 e. The van der Waals surface area contributed by atoms with Gasteiger partial charge < -0.3 is 19.9 Å². The lowest BCUT2D eigenvalue weighted by Gasteiger charge is -2.14. The summed E-state index contributed by atoms with van der Waals surface area (Å²) in [4.78, 5) is 8.84. The molecule has 0 bridgehead atoms. The van der Waals surface area contributed by atoms with Crippen LogP contribution < -0.4 is 19.9 Å². The molecule has 0 unspecified atom stereocenters. The first kappa shape index (κ1) is 17.8. The maximum Gasteiger partial charge on any atom is 0.240 e. The van der Waals surface area contributed by atoms with Gasteiger partial charge in [-0.2, -0.15) is 9.50 Å². The first-order chi connectivity index (χ1) is 13.5. The third kappa shape index (κ3) is 2.90. The van der Waals surface area contributed by atoms with E-state index in [-0.39, 0.29) is 11.8 Å². The summed E-state index contributed by atoms with van der Waals surface area (Å²) in [7, 11) is 4.64. The lowest BCUT2D eigenvalue weighted by Crippen LogP contribution is -2.06. The van der Waals surface area contributed by atoms with Gasteiger partial charge in [0.05, 0.1) is 26.8 Å². The van der Waals surface area contributed by atoms with Crippen LogP contribution in [-0.2, 0) is 6.42 Å². The average molecular weight is 383 g/mol. The van der Waals surface area contributed by atoms with E-state index in [9.17, 15) is 4.39 Å². The average Bonchev–Trinajstić information content (AvgIpc) is 3.08. The summed E-state index contributed by atoms with van der Waals surface area (Å²) in [5.74, 6) is 1.83. The van der Waals surface area contributed by atoms with Gasteiger partial charge in [-0.15, -0.1) is 5.10 Å². The van der Waals surface area contributed by atoms with Gasteiger partial charge in [-0.3, -0.25) is 0 Å². The highest BCUT2D eigenvalue weighted by Crippen LogP contribution is 2.38. The summed E-state index contributed by atoms with van der Waals surface area (Å²) in [6, 6.07) is 7.98. The molecule has 2 aromatic heterocycles. The predicted molar refractivity (Wildman–Crippen MR) is 102 cm³/mol. The van der Waals surface area contributed by atoms with Gasteiger partial charge in [-0.1, -0.05) is 0 Å². The first-order valence-corrected chi connectivity index (χ1v) is 8.43. The van der Waals surface area contributed by atoms with Crippen molar-refractivity contribution in [2.45, 2.75) is 6.42 Å². The second-order valence-corrected chi connectivity index (χ2v) is 6.11. The van der Waals surface area contributed by atoms with Gasteiger partial charge in [0.2, 0.25) is 11.7 Å². The molecule has 8 nitrogen and oxygen atoms in total. The van der Waals surface area contributed by atoms with Gasteiger partial charge in [0.1, 0.15) is 11.6 Å². The molecule has 2 heterocycles. The third-order valence-electron chi connectivity index (χ3n) is 4.40. The number of nitrogen functional groups attached to an aromatic ring is 1. The first-order valence-electron chi connectivity index (χ1n) is 8.43. The molecule has 4 aromatic rings. The highest BCUT2D eigenvalue weighted by molar-refractivity contribution is 5.91. The lowest BCUT2D eigenvalue weighted by molar-refractivity contribution is 0.324. The Morgan fingerprint density at radius 1 is 1.00 bits per heavy atom. The second-order valence-electron chi connectivity index (χ2n) is 6.11. The van der Waals surface area contributed by atoms with E-state index >= 15 is 0 Å². The maximum atomic E-state index is 13.7. The fraction of sp³-hybridized carbons (Fsp3) is 0.211. The van der Waals surface area contributed by atoms with Crippen LogP contribution in [0.25, 0.3) is 16.6 Å². The van der Waals surface area contributed by atoms with E-state index in [1.807, 2.05) is 12.1 Å². The predicted octanol–water partition coefficient (Wildman–Crippen LogP) is 2.62. The monoisotopic (exact) mass is 383 g/mol. The molecule has 28 heavy (non-hydrogen) atoms. The van der Waals surface area contributed by atoms with Crippen molar-refractivity contribution in [2.24, 2.45) is 0 Å². The molecule has 0 spiro atoms. The normalized spacial score (nSPS) is 11.1. The number of rotatable bonds is 5. The SMILES string of the molecule is COc1cc(Cc2nc3cc(F)ccc3c3nc(N)nn23)cc(OC)c1OC. The minimum Gasteiger partial charge on any atom is -0.493 e. The number of ether oxygens (including phenoxy) is 3. The number of aromatic nitrogens is 4. The quantitative estimate of drug-likeness (QED) is 0.566. The zero-order valence-electron chi connectivity index (χ0n) is 15.6. The molecule has 0 atom stereocenters. The minimum atomic E-state index is -0.379. The standard InChI is InChI=1S/C19H18FN5O3/c1-26-14-6-10(7-15(27-2)17(14)28-3)8-16-22-13-9-11(20)4-5-12(13)18-23-19(21)24-25(16)18/h4-7,9H,8H2,1-3H3,(H2,21,24). The molecule has 0 saturated carbocycles. The van der Waals surface area contributed by atoms with Gasteiger partial charge >= 0.3 is 0 Å². The Balaban J connectivity index is 1.89. The minimum absolute atomic E-state index is 0.116. The number of hydrogen-bond acceptors (Lipinski definition) is 7. The zero-order valence-corrected chi connectivity index (χ0v) is 15.6. The Kier molecular flexibility index (Phi) is 4.34. The Labute approximate surface area is 159 Å². The van der Waals surface area contributed by atoms with E-state index in [1.54, 1.807) is 31.9 Å². The highest BCUT2D eigenvalue weighted by atomic mass is 19.1. The molecular formula is C19H18FN5O3. The Morgan fingerprint density at radius 2 is 1.71 bits per heavy atom. The van der Waals surface area contributed by atoms with E-state index in [1.165, 1.54) is 12.1 Å². The van der Waals surface area contributed by atoms with E-state index < -0.39 is 0 Å². The van der Waals surface area contributed by atoms with Gasteiger partial charge in [-0.25, -0.2) is 9.37 Å². The molecule has 144 valence electrons. The Bertz CT molecular complexity index is 1170. The Hall–Kier alpha value is -3.62. The van der Waals surface area contributed by atoms with Gasteiger partial charge in [0.25, 0.3) is 0 Å². The molecule has 2 N–H and O–H groups in total. The highest BCUT2D eigenvalue weighted by Gasteiger charge is 2.17. The van der Waals surface area contributed by atoms with Crippen molar-refractivity contribution in [1.29, 1.82) is 0 Å². The van der Waals surface area contributed by atoms with E-state index in [2.05, 4.69) is 15.1 Å². The molecule has 0 aliphatic heterocycles. The molecule has 0 saturated heterocycles. The number of nitrogens with two attached hydrogens (primary N) is 1. The number of halogens is 1. The van der Waals surface area contributed by atoms with Crippen LogP contribution in [0.2, 0.25) is 0 Å². The molecule has 2 aromatic carbocycles. The largest absolute Gasteiger partial charge is 0.493 e. The molecule has 9 heteroatoms. The number of nitrogens with zero attached hydrogens (tertiary/aromatic N) is 4. The molecule has 0 amide bonds. The summed E-state index contributed by atoms with van der Waals surface area (Å²) in [6.07, 6.45) is 0.364. The number of fused-ring (bicyclic) bond motifs is 3. The number of benzene rings is 2. The lowest BCUT2D eigenvalue weighted by atomic mass is 10.1. The van der Waals surface area contributed by atoms with Crippen LogP contribution in [0.4, 0.5) is 10.3 Å². The molecule has 0 aliphatic carbocycles. The second kappa shape index (κ2) is 6.84. The fourth-order valence-electron chi connectivity index (χ4n) is 3.19. The molecule has 0 fully saturated rings. The van der Waals surface area contributed by atoms with Gasteiger partial charge in [-0.05, 0) is 29.8 Å². The summed E-state index contributed by atoms with van der Waals surface area (Å²) in [6.45, 7) is 0. The number of methoxy groups -OCH3 is 3. The van der Waals surface area contributed by atoms with E-state index in [0.717, 1.165) is 5.56 Å². The van der Waals surface area contributed by atoms with Gasteiger partial charge in [0.15, 0.2) is 17.1 Å². The van der Waals surface area contributed by atoms with E-state index in [0.29, 0.717) is 46.0 Å². The summed E-state index contributed by atoms with van der Waals surface area (Å²) < 4.78 is 31.5. The van der Waals surface area contributed by atoms with Crippen LogP contribution in [-0.4, -0.2) is 40.9 Å². The van der Waals surface area contributed by atoms with Crippen LogP contribution >= 0.6 is 0 Å². The van der Waals surface area contributed by atoms with Crippen molar-refractivity contribution < 1.29 is 18.6 Å². The summed E-state index contributed by atoms with van der Waals surface area (Å²) >= 11 is 0. The van der Waals surface area contributed by atoms with Crippen molar-refractivity contribution in [1.82, 2.24) is 19.6 Å². The number of hydrogen-bond donors (Lipinski definition) is 1. The van der Waals surface area contributed by atoms with Crippen LogP contribution in [0.15, 0.2) is 30.3 Å². The van der Waals surface area contributed by atoms with Crippen molar-refractivity contribution >= 4 is 22.5 Å². The molecular weight excluding hydrogens is 365 g/mol. The molecule has 4 rings (SSSR count). The summed E-state index contributed by atoms with van der Waals surface area (Å²) in [5.41, 5.74) is 7.64. The van der Waals surface area contributed by atoms with Crippen LogP contribution in [0, 0.1) is 5.82 Å². The summed E-state index contributed by atoms with van der Waals surface area (Å²) in [5, 5.41) is 4.91. The third-order valence-corrected chi connectivity index (χ3v) is 4.40. The van der Waals surface area contributed by atoms with Gasteiger partial charge in [0, 0.05) is 17.9 Å². The number of anilines is 1. The fourth-order valence-corrected chi connectivity index (χ4v) is 3.19. The van der Waals surface area contributed by atoms with Crippen molar-refractivity contribution in [2.75, 3.05) is 27.1 Å². The van der Waals surface area contributed by atoms with Crippen LogP contribution in [0.1, 0.15) is 11.4 Å². The zero-order chi connectivity index (χ0) is 19.8. The molecule has 0 aliphatic rings. The van der Waals surface area contributed by atoms with Crippen molar-refractivity contribution in [3.63, 3.8) is 0 Å². The van der Waals surface area contributed by atoms with Crippen LogP contribution in [0.3, 0.4) is 0 Å². The Morgan fingerprint density at radius 3 is 2.36 bits per heavy atom. The van der Waals surface area contributed by atoms with Crippen molar-refractivity contribution in [3.05, 3.63) is 47.5 Å².